The van der Waals surface area contributed by atoms with Crippen LogP contribution in [0.15, 0.2) is 58.5 Å². The van der Waals surface area contributed by atoms with Gasteiger partial charge in [0.15, 0.2) is 5.16 Å². The Morgan fingerprint density at radius 3 is 2.83 bits per heavy atom. The van der Waals surface area contributed by atoms with Crippen LogP contribution in [0.4, 0.5) is 5.69 Å². The highest BCUT2D eigenvalue weighted by atomic mass is 35.5. The molecule has 1 aliphatic rings. The van der Waals surface area contributed by atoms with Gasteiger partial charge in [-0.3, -0.25) is 14.2 Å². The van der Waals surface area contributed by atoms with E-state index in [4.69, 9.17) is 21.3 Å². The van der Waals surface area contributed by atoms with Gasteiger partial charge >= 0.3 is 0 Å². The number of hydrogen-bond donors (Lipinski definition) is 1. The summed E-state index contributed by atoms with van der Waals surface area (Å²) in [6.07, 6.45) is 2.97. The Morgan fingerprint density at radius 1 is 1.29 bits per heavy atom. The number of aryl methyl sites for hydroxylation is 1. The second kappa shape index (κ2) is 10.0. The Bertz CT molecular complexity index is 1470. The van der Waals surface area contributed by atoms with Gasteiger partial charge in [0.25, 0.3) is 5.56 Å². The molecule has 1 unspecified atom stereocenters. The Hall–Kier alpha value is -2.81. The summed E-state index contributed by atoms with van der Waals surface area (Å²) in [5.74, 6) is 1.02. The van der Waals surface area contributed by atoms with Gasteiger partial charge in [-0.1, -0.05) is 48.5 Å². The lowest BCUT2D eigenvalue weighted by atomic mass is 9.89. The van der Waals surface area contributed by atoms with Crippen molar-refractivity contribution in [3.8, 4) is 11.4 Å². The maximum Gasteiger partial charge on any atom is 0.267 e. The number of amides is 1. The molecule has 2 heterocycles. The number of methoxy groups -OCH3 is 1. The van der Waals surface area contributed by atoms with Crippen LogP contribution in [0.3, 0.4) is 0 Å². The normalized spacial score (nSPS) is 15.1. The quantitative estimate of drug-likeness (QED) is 0.248. The van der Waals surface area contributed by atoms with Crippen LogP contribution >= 0.6 is 34.7 Å². The Morgan fingerprint density at radius 2 is 2.09 bits per heavy atom. The topological polar surface area (TPSA) is 73.2 Å². The number of benzene rings is 2. The molecule has 2 aromatic carbocycles. The van der Waals surface area contributed by atoms with Crippen molar-refractivity contribution in [2.24, 2.45) is 5.92 Å². The standard InChI is InChI=1S/C26H24ClN3O3S2/c1-15-8-10-18-21(12-15)35-24-23(18)25(32)30(17-6-4-3-5-7-17)26(29-24)34-14-22(31)28-16-9-11-20(33-2)19(27)13-16/h3-7,9,11,13,15H,8,10,12,14H2,1-2H3,(H,28,31). The first-order valence-electron chi connectivity index (χ1n) is 11.3. The second-order valence-corrected chi connectivity index (χ2v) is 11.0. The van der Waals surface area contributed by atoms with Crippen molar-refractivity contribution < 1.29 is 9.53 Å². The number of thioether (sulfide) groups is 1. The van der Waals surface area contributed by atoms with Crippen LogP contribution in [0.5, 0.6) is 5.75 Å². The van der Waals surface area contributed by atoms with E-state index in [0.29, 0.717) is 27.5 Å². The van der Waals surface area contributed by atoms with Crippen LogP contribution in [0, 0.1) is 5.92 Å². The highest BCUT2D eigenvalue weighted by Crippen LogP contribution is 2.37. The molecule has 1 atom stereocenters. The largest absolute Gasteiger partial charge is 0.495 e. The van der Waals surface area contributed by atoms with Crippen molar-refractivity contribution in [1.82, 2.24) is 9.55 Å². The first-order chi connectivity index (χ1) is 16.9. The van der Waals surface area contributed by atoms with Crippen molar-refractivity contribution in [2.75, 3.05) is 18.2 Å². The number of nitrogens with zero attached hydrogens (tertiary/aromatic N) is 2. The van der Waals surface area contributed by atoms with Gasteiger partial charge in [0, 0.05) is 10.6 Å². The van der Waals surface area contributed by atoms with Gasteiger partial charge < -0.3 is 10.1 Å². The lowest BCUT2D eigenvalue weighted by molar-refractivity contribution is -0.113. The van der Waals surface area contributed by atoms with Crippen LogP contribution < -0.4 is 15.6 Å². The molecule has 0 radical (unpaired) electrons. The molecule has 0 saturated heterocycles. The molecule has 0 bridgehead atoms. The summed E-state index contributed by atoms with van der Waals surface area (Å²) >= 11 is 9.03. The van der Waals surface area contributed by atoms with Crippen LogP contribution in [-0.4, -0.2) is 28.3 Å². The molecule has 1 aliphatic carbocycles. The first-order valence-corrected chi connectivity index (χ1v) is 13.5. The Labute approximate surface area is 216 Å². The smallest absolute Gasteiger partial charge is 0.267 e. The predicted octanol–water partition coefficient (Wildman–Crippen LogP) is 5.96. The number of halogens is 1. The fraction of sp³-hybridized carbons (Fsp3) is 0.269. The van der Waals surface area contributed by atoms with Gasteiger partial charge in [-0.2, -0.15) is 0 Å². The number of hydrogen-bond acceptors (Lipinski definition) is 6. The van der Waals surface area contributed by atoms with Crippen LogP contribution in [0.2, 0.25) is 5.02 Å². The maximum absolute atomic E-state index is 13.8. The Kier molecular flexibility index (Phi) is 6.86. The number of rotatable bonds is 6. The van der Waals surface area contributed by atoms with E-state index in [0.717, 1.165) is 40.7 Å². The number of carbonyl (C=O) groups excluding carboxylic acids is 1. The molecule has 180 valence electrons. The lowest BCUT2D eigenvalue weighted by Gasteiger charge is -2.17. The minimum atomic E-state index is -0.218. The fourth-order valence-electron chi connectivity index (χ4n) is 4.34. The number of para-hydroxylation sites is 1. The summed E-state index contributed by atoms with van der Waals surface area (Å²) in [5.41, 5.74) is 2.39. The number of aromatic nitrogens is 2. The average molecular weight is 526 g/mol. The van der Waals surface area contributed by atoms with Crippen LogP contribution in [-0.2, 0) is 17.6 Å². The van der Waals surface area contributed by atoms with E-state index in [1.165, 1.54) is 23.7 Å². The van der Waals surface area contributed by atoms with E-state index >= 15 is 0 Å². The molecule has 2 aromatic heterocycles. The lowest BCUT2D eigenvalue weighted by Crippen LogP contribution is -2.23. The molecule has 0 fully saturated rings. The van der Waals surface area contributed by atoms with Crippen molar-refractivity contribution >= 4 is 56.5 Å². The zero-order valence-corrected chi connectivity index (χ0v) is 21.7. The molecule has 0 aliphatic heterocycles. The molecule has 0 spiro atoms. The summed E-state index contributed by atoms with van der Waals surface area (Å²) in [5, 5.41) is 4.49. The fourth-order valence-corrected chi connectivity index (χ4v) is 6.84. The van der Waals surface area contributed by atoms with Crippen LogP contribution in [0.1, 0.15) is 23.8 Å². The van der Waals surface area contributed by atoms with Gasteiger partial charge in [-0.25, -0.2) is 4.98 Å². The third-order valence-electron chi connectivity index (χ3n) is 6.08. The number of carbonyl (C=O) groups is 1. The average Bonchev–Trinajstić information content (AvgIpc) is 3.21. The summed E-state index contributed by atoms with van der Waals surface area (Å²) < 4.78 is 6.79. The monoisotopic (exact) mass is 525 g/mol. The number of fused-ring (bicyclic) bond motifs is 3. The second-order valence-electron chi connectivity index (χ2n) is 8.59. The molecule has 1 amide bonds. The van der Waals surface area contributed by atoms with E-state index in [-0.39, 0.29) is 17.2 Å². The van der Waals surface area contributed by atoms with E-state index in [1.54, 1.807) is 34.1 Å². The zero-order chi connectivity index (χ0) is 24.5. The molecule has 9 heteroatoms. The molecule has 1 N–H and O–H groups in total. The van der Waals surface area contributed by atoms with Gasteiger partial charge in [0.1, 0.15) is 10.6 Å². The minimum Gasteiger partial charge on any atom is -0.495 e. The van der Waals surface area contributed by atoms with Crippen molar-refractivity contribution in [3.63, 3.8) is 0 Å². The van der Waals surface area contributed by atoms with Gasteiger partial charge in [-0.05, 0) is 61.1 Å². The predicted molar refractivity (Wildman–Crippen MR) is 144 cm³/mol. The molecular formula is C26H24ClN3O3S2. The van der Waals surface area contributed by atoms with Gasteiger partial charge in [0.2, 0.25) is 5.91 Å². The molecule has 0 saturated carbocycles. The zero-order valence-electron chi connectivity index (χ0n) is 19.3. The van der Waals surface area contributed by atoms with Gasteiger partial charge in [-0.15, -0.1) is 11.3 Å². The van der Waals surface area contributed by atoms with E-state index < -0.39 is 0 Å². The van der Waals surface area contributed by atoms with E-state index in [1.807, 2.05) is 30.3 Å². The third-order valence-corrected chi connectivity index (χ3v) is 8.46. The highest BCUT2D eigenvalue weighted by Gasteiger charge is 2.25. The molecule has 4 aromatic rings. The summed E-state index contributed by atoms with van der Waals surface area (Å²) in [7, 11) is 1.54. The summed E-state index contributed by atoms with van der Waals surface area (Å²) in [4.78, 5) is 33.4. The van der Waals surface area contributed by atoms with E-state index in [2.05, 4.69) is 12.2 Å². The number of anilines is 1. The van der Waals surface area contributed by atoms with Crippen molar-refractivity contribution in [1.29, 1.82) is 0 Å². The SMILES string of the molecule is COc1ccc(NC(=O)CSc2nc3sc4c(c3c(=O)n2-c2ccccc2)CCC(C)C4)cc1Cl. The van der Waals surface area contributed by atoms with E-state index in [9.17, 15) is 9.59 Å². The van der Waals surface area contributed by atoms with Crippen molar-refractivity contribution in [3.05, 3.63) is 74.3 Å². The molecular weight excluding hydrogens is 502 g/mol. The minimum absolute atomic E-state index is 0.0712. The first kappa shape index (κ1) is 23.9. The number of ether oxygens (including phenoxy) is 1. The molecule has 6 nitrogen and oxygen atoms in total. The summed E-state index contributed by atoms with van der Waals surface area (Å²) in [6.45, 7) is 2.25. The van der Waals surface area contributed by atoms with Crippen molar-refractivity contribution in [2.45, 2.75) is 31.3 Å². The third kappa shape index (κ3) is 4.83. The molecule has 35 heavy (non-hydrogen) atoms. The Balaban J connectivity index is 1.47. The van der Waals surface area contributed by atoms with Gasteiger partial charge in [0.05, 0.1) is 29.0 Å². The maximum atomic E-state index is 13.8. The number of thiophene rings is 1. The number of nitrogens with one attached hydrogen (secondary N) is 1. The van der Waals surface area contributed by atoms with Crippen LogP contribution in [0.25, 0.3) is 15.9 Å². The highest BCUT2D eigenvalue weighted by molar-refractivity contribution is 7.99. The molecule has 5 rings (SSSR count). The summed E-state index contributed by atoms with van der Waals surface area (Å²) in [6, 6.07) is 14.6.